The third-order valence-electron chi connectivity index (χ3n) is 3.30. The molecule has 2 heterocycles. The van der Waals surface area contributed by atoms with Gasteiger partial charge in [-0.25, -0.2) is 4.98 Å². The van der Waals surface area contributed by atoms with Gasteiger partial charge in [0.25, 0.3) is 5.69 Å². The van der Waals surface area contributed by atoms with Crippen LogP contribution in [0, 0.1) is 10.1 Å². The number of pyridine rings is 1. The molecule has 2 aromatic rings. The zero-order valence-electron chi connectivity index (χ0n) is 10.8. The van der Waals surface area contributed by atoms with Crippen LogP contribution in [0.5, 0.6) is 0 Å². The van der Waals surface area contributed by atoms with Gasteiger partial charge in [-0.05, 0) is 23.8 Å². The lowest BCUT2D eigenvalue weighted by Gasteiger charge is -2.16. The molecule has 106 valence electrons. The van der Waals surface area contributed by atoms with Crippen molar-refractivity contribution in [2.75, 3.05) is 4.90 Å². The van der Waals surface area contributed by atoms with Crippen LogP contribution in [0.3, 0.4) is 0 Å². The van der Waals surface area contributed by atoms with Crippen molar-refractivity contribution in [2.45, 2.75) is 13.0 Å². The van der Waals surface area contributed by atoms with E-state index in [1.54, 1.807) is 29.2 Å². The second kappa shape index (κ2) is 5.14. The van der Waals surface area contributed by atoms with Crippen molar-refractivity contribution >= 4 is 28.9 Å². The van der Waals surface area contributed by atoms with Gasteiger partial charge in [0, 0.05) is 17.8 Å². The average Bonchev–Trinajstić information content (AvgIpc) is 2.74. The van der Waals surface area contributed by atoms with Gasteiger partial charge in [-0.15, -0.1) is 0 Å². The van der Waals surface area contributed by atoms with E-state index in [2.05, 4.69) is 4.98 Å². The molecule has 1 aliphatic heterocycles. The molecule has 0 saturated carbocycles. The first-order valence-corrected chi connectivity index (χ1v) is 6.61. The first kappa shape index (κ1) is 13.5. The summed E-state index contributed by atoms with van der Waals surface area (Å²) in [5, 5.41) is 11.1. The number of halogens is 1. The quantitative estimate of drug-likeness (QED) is 0.496. The molecule has 0 N–H and O–H groups in total. The number of aromatic nitrogens is 1. The Hall–Kier alpha value is -2.47. The highest BCUT2D eigenvalue weighted by Gasteiger charge is 2.29. The molecule has 0 radical (unpaired) electrons. The number of nitrogens with zero attached hydrogens (tertiary/aromatic N) is 3. The third-order valence-corrected chi connectivity index (χ3v) is 3.51. The van der Waals surface area contributed by atoms with E-state index in [0.717, 1.165) is 0 Å². The molecular weight excluding hydrogens is 294 g/mol. The monoisotopic (exact) mass is 303 g/mol. The maximum atomic E-state index is 12.1. The summed E-state index contributed by atoms with van der Waals surface area (Å²) in [5.74, 6) is -0.104. The Kier molecular flexibility index (Phi) is 3.31. The fourth-order valence-electron chi connectivity index (χ4n) is 2.36. The molecule has 1 aromatic heterocycles. The lowest BCUT2D eigenvalue weighted by molar-refractivity contribution is -0.384. The topological polar surface area (TPSA) is 76.3 Å². The molecule has 6 nitrogen and oxygen atoms in total. The van der Waals surface area contributed by atoms with Gasteiger partial charge in [0.2, 0.25) is 5.91 Å². The van der Waals surface area contributed by atoms with E-state index in [1.807, 2.05) is 0 Å². The van der Waals surface area contributed by atoms with Gasteiger partial charge in [-0.2, -0.15) is 0 Å². The molecule has 1 aromatic carbocycles. The molecular formula is C14H10ClN3O3. The largest absolute Gasteiger partial charge is 0.306 e. The van der Waals surface area contributed by atoms with Crippen molar-refractivity contribution in [1.29, 1.82) is 0 Å². The molecule has 0 saturated heterocycles. The smallest absolute Gasteiger partial charge is 0.269 e. The Balaban J connectivity index is 1.92. The van der Waals surface area contributed by atoms with Crippen LogP contribution in [0.25, 0.3) is 0 Å². The fourth-order valence-corrected chi connectivity index (χ4v) is 2.54. The summed E-state index contributed by atoms with van der Waals surface area (Å²) >= 11 is 5.83. The zero-order valence-corrected chi connectivity index (χ0v) is 11.6. The minimum absolute atomic E-state index is 0.00993. The van der Waals surface area contributed by atoms with E-state index < -0.39 is 4.92 Å². The van der Waals surface area contributed by atoms with Crippen LogP contribution in [0.2, 0.25) is 5.15 Å². The molecule has 0 aliphatic carbocycles. The first-order valence-electron chi connectivity index (χ1n) is 6.24. The number of fused-ring (bicyclic) bond motifs is 1. The van der Waals surface area contributed by atoms with E-state index in [1.165, 1.54) is 12.1 Å². The minimum atomic E-state index is -0.466. The number of non-ortho nitro benzene ring substituents is 1. The Morgan fingerprint density at radius 2 is 2.14 bits per heavy atom. The molecule has 0 spiro atoms. The normalized spacial score (nSPS) is 13.4. The summed E-state index contributed by atoms with van der Waals surface area (Å²) in [6.07, 6.45) is 0.164. The highest BCUT2D eigenvalue weighted by atomic mass is 35.5. The zero-order chi connectivity index (χ0) is 15.0. The number of benzene rings is 1. The molecule has 0 bridgehead atoms. The molecule has 1 aliphatic rings. The fraction of sp³-hybridized carbons (Fsp3) is 0.143. The van der Waals surface area contributed by atoms with E-state index in [-0.39, 0.29) is 18.0 Å². The van der Waals surface area contributed by atoms with E-state index in [4.69, 9.17) is 11.6 Å². The molecule has 0 fully saturated rings. The van der Waals surface area contributed by atoms with Crippen molar-refractivity contribution in [2.24, 2.45) is 0 Å². The highest BCUT2D eigenvalue weighted by Crippen LogP contribution is 2.32. The summed E-state index contributed by atoms with van der Waals surface area (Å²) in [4.78, 5) is 28.1. The molecule has 0 unspecified atom stereocenters. The van der Waals surface area contributed by atoms with Gasteiger partial charge in [-0.1, -0.05) is 17.7 Å². The van der Waals surface area contributed by atoms with Gasteiger partial charge in [0.15, 0.2) is 0 Å². The van der Waals surface area contributed by atoms with Crippen LogP contribution in [0.4, 0.5) is 11.4 Å². The summed E-state index contributed by atoms with van der Waals surface area (Å²) in [7, 11) is 0. The Morgan fingerprint density at radius 1 is 1.33 bits per heavy atom. The average molecular weight is 304 g/mol. The second-order valence-corrected chi connectivity index (χ2v) is 5.07. The number of amides is 1. The van der Waals surface area contributed by atoms with Crippen molar-refractivity contribution in [1.82, 2.24) is 4.98 Å². The van der Waals surface area contributed by atoms with Gasteiger partial charge in [0.05, 0.1) is 23.6 Å². The van der Waals surface area contributed by atoms with Crippen LogP contribution in [0.1, 0.15) is 11.3 Å². The van der Waals surface area contributed by atoms with Gasteiger partial charge in [0.1, 0.15) is 5.15 Å². The minimum Gasteiger partial charge on any atom is -0.306 e. The lowest BCUT2D eigenvalue weighted by atomic mass is 10.1. The second-order valence-electron chi connectivity index (χ2n) is 4.68. The maximum absolute atomic E-state index is 12.1. The molecule has 21 heavy (non-hydrogen) atoms. The summed E-state index contributed by atoms with van der Waals surface area (Å²) in [5.41, 5.74) is 2.01. The van der Waals surface area contributed by atoms with Crippen molar-refractivity contribution in [3.05, 3.63) is 62.9 Å². The number of nitro benzene ring substituents is 1. The molecule has 7 heteroatoms. The van der Waals surface area contributed by atoms with Gasteiger partial charge < -0.3 is 4.90 Å². The van der Waals surface area contributed by atoms with Crippen molar-refractivity contribution in [3.63, 3.8) is 0 Å². The molecule has 3 rings (SSSR count). The van der Waals surface area contributed by atoms with Crippen LogP contribution < -0.4 is 4.90 Å². The van der Waals surface area contributed by atoms with E-state index >= 15 is 0 Å². The number of carbonyl (C=O) groups is 1. The standard InChI is InChI=1S/C14H10ClN3O3/c15-13-3-1-2-10(16-13)8-17-12-5-4-11(18(20)21)6-9(12)7-14(17)19/h1-6H,7-8H2. The van der Waals surface area contributed by atoms with Crippen LogP contribution in [-0.2, 0) is 17.8 Å². The predicted molar refractivity (Wildman–Crippen MR) is 77.2 cm³/mol. The number of hydrogen-bond acceptors (Lipinski definition) is 4. The number of hydrogen-bond donors (Lipinski definition) is 0. The first-order chi connectivity index (χ1) is 10.0. The van der Waals surface area contributed by atoms with Crippen LogP contribution >= 0.6 is 11.6 Å². The number of nitro groups is 1. The van der Waals surface area contributed by atoms with Gasteiger partial charge >= 0.3 is 0 Å². The SMILES string of the molecule is O=C1Cc2cc([N+](=O)[O-])ccc2N1Cc1cccc(Cl)n1. The maximum Gasteiger partial charge on any atom is 0.269 e. The van der Waals surface area contributed by atoms with E-state index in [9.17, 15) is 14.9 Å². The summed E-state index contributed by atoms with van der Waals surface area (Å²) in [6.45, 7) is 0.296. The Morgan fingerprint density at radius 3 is 2.86 bits per heavy atom. The highest BCUT2D eigenvalue weighted by molar-refractivity contribution is 6.29. The van der Waals surface area contributed by atoms with Crippen molar-refractivity contribution < 1.29 is 9.72 Å². The summed E-state index contributed by atoms with van der Waals surface area (Å²) < 4.78 is 0. The Bertz CT molecular complexity index is 748. The number of anilines is 1. The third kappa shape index (κ3) is 2.57. The van der Waals surface area contributed by atoms with Crippen LogP contribution in [-0.4, -0.2) is 15.8 Å². The van der Waals surface area contributed by atoms with Crippen molar-refractivity contribution in [3.8, 4) is 0 Å². The van der Waals surface area contributed by atoms with Crippen LogP contribution in [0.15, 0.2) is 36.4 Å². The van der Waals surface area contributed by atoms with E-state index in [0.29, 0.717) is 28.6 Å². The lowest BCUT2D eigenvalue weighted by Crippen LogP contribution is -2.26. The summed E-state index contributed by atoms with van der Waals surface area (Å²) in [6, 6.07) is 9.65. The Labute approximate surface area is 125 Å². The molecule has 0 atom stereocenters. The predicted octanol–water partition coefficient (Wildman–Crippen LogP) is 2.73. The van der Waals surface area contributed by atoms with Gasteiger partial charge in [-0.3, -0.25) is 14.9 Å². The number of carbonyl (C=O) groups excluding carboxylic acids is 1. The molecule has 1 amide bonds. The number of rotatable bonds is 3.